The molecule has 1 atom stereocenters. The number of nitrogens with zero attached hydrogens (tertiary/aromatic N) is 1. The van der Waals surface area contributed by atoms with Gasteiger partial charge in [-0.1, -0.05) is 23.8 Å². The Morgan fingerprint density at radius 1 is 1.35 bits per heavy atom. The molecule has 1 heterocycles. The Morgan fingerprint density at radius 2 is 2.06 bits per heavy atom. The molecule has 0 aliphatic carbocycles. The van der Waals surface area contributed by atoms with Crippen molar-refractivity contribution in [2.75, 3.05) is 20.1 Å². The Hall–Kier alpha value is -1.35. The summed E-state index contributed by atoms with van der Waals surface area (Å²) in [7, 11) is 1.87. The minimum Gasteiger partial charge on any atom is -0.343 e. The lowest BCUT2D eigenvalue weighted by molar-refractivity contribution is -0.139. The molecule has 1 fully saturated rings. The number of rotatable bonds is 1. The highest BCUT2D eigenvalue weighted by molar-refractivity contribution is 5.88. The van der Waals surface area contributed by atoms with Gasteiger partial charge in [-0.15, -0.1) is 0 Å². The van der Waals surface area contributed by atoms with Crippen LogP contribution in [0.15, 0.2) is 18.2 Å². The largest absolute Gasteiger partial charge is 0.343 e. The predicted octanol–water partition coefficient (Wildman–Crippen LogP) is 1.58. The summed E-state index contributed by atoms with van der Waals surface area (Å²) in [5.74, 6) is 0.150. The number of hydrogen-bond acceptors (Lipinski definition) is 2. The summed E-state index contributed by atoms with van der Waals surface area (Å²) in [5.41, 5.74) is 2.86. The Labute approximate surface area is 103 Å². The summed E-state index contributed by atoms with van der Waals surface area (Å²) < 4.78 is 0. The lowest BCUT2D eigenvalue weighted by Gasteiger charge is -2.39. The topological polar surface area (TPSA) is 32.3 Å². The van der Waals surface area contributed by atoms with Crippen LogP contribution in [0, 0.1) is 13.8 Å². The number of nitrogens with one attached hydrogen (secondary N) is 1. The van der Waals surface area contributed by atoms with E-state index in [0.717, 1.165) is 24.2 Å². The number of aryl methyl sites for hydroxylation is 2. The van der Waals surface area contributed by atoms with Crippen LogP contribution in [-0.2, 0) is 10.3 Å². The molecule has 1 unspecified atom stereocenters. The standard InChI is InChI=1S/C14H20N2O/c1-10-5-6-11(2)12(9-10)14(3)13(17)16(4)8-7-15-14/h5-6,9,15H,7-8H2,1-4H3. The number of carbonyl (C=O) groups excluding carboxylic acids is 1. The molecule has 1 saturated heterocycles. The molecule has 0 saturated carbocycles. The SMILES string of the molecule is Cc1ccc(C)c(C2(C)NCCN(C)C2=O)c1. The lowest BCUT2D eigenvalue weighted by Crippen LogP contribution is -2.59. The van der Waals surface area contributed by atoms with Crippen molar-refractivity contribution in [3.8, 4) is 0 Å². The zero-order chi connectivity index (χ0) is 12.6. The molecule has 3 heteroatoms. The van der Waals surface area contributed by atoms with Crippen molar-refractivity contribution in [2.45, 2.75) is 26.3 Å². The highest BCUT2D eigenvalue weighted by Gasteiger charge is 2.40. The molecule has 1 N–H and O–H groups in total. The van der Waals surface area contributed by atoms with Gasteiger partial charge in [0.05, 0.1) is 0 Å². The molecule has 2 rings (SSSR count). The van der Waals surface area contributed by atoms with Crippen molar-refractivity contribution in [1.82, 2.24) is 10.2 Å². The van der Waals surface area contributed by atoms with Gasteiger partial charge >= 0.3 is 0 Å². The van der Waals surface area contributed by atoms with Crippen LogP contribution in [-0.4, -0.2) is 30.9 Å². The van der Waals surface area contributed by atoms with Crippen molar-refractivity contribution < 1.29 is 4.79 Å². The van der Waals surface area contributed by atoms with Gasteiger partial charge < -0.3 is 4.90 Å². The number of benzene rings is 1. The molecule has 1 aromatic rings. The zero-order valence-electron chi connectivity index (χ0n) is 11.0. The number of hydrogen-bond donors (Lipinski definition) is 1. The van der Waals surface area contributed by atoms with Crippen LogP contribution < -0.4 is 5.32 Å². The first-order valence-electron chi connectivity index (χ1n) is 6.03. The first-order chi connectivity index (χ1) is 7.95. The Bertz CT molecular complexity index is 456. The van der Waals surface area contributed by atoms with E-state index in [1.165, 1.54) is 5.56 Å². The molecule has 92 valence electrons. The van der Waals surface area contributed by atoms with Gasteiger partial charge in [0.1, 0.15) is 5.54 Å². The van der Waals surface area contributed by atoms with Crippen molar-refractivity contribution in [3.63, 3.8) is 0 Å². The summed E-state index contributed by atoms with van der Waals surface area (Å²) in [5, 5.41) is 3.37. The van der Waals surface area contributed by atoms with Gasteiger partial charge in [-0.3, -0.25) is 10.1 Å². The van der Waals surface area contributed by atoms with Crippen molar-refractivity contribution in [2.24, 2.45) is 0 Å². The van der Waals surface area contributed by atoms with E-state index in [9.17, 15) is 4.79 Å². The first-order valence-corrected chi connectivity index (χ1v) is 6.03. The first kappa shape index (κ1) is 12.1. The third kappa shape index (κ3) is 1.95. The molecule has 3 nitrogen and oxygen atoms in total. The van der Waals surface area contributed by atoms with Crippen LogP contribution in [0.5, 0.6) is 0 Å². The quantitative estimate of drug-likeness (QED) is 0.797. The highest BCUT2D eigenvalue weighted by atomic mass is 16.2. The summed E-state index contributed by atoms with van der Waals surface area (Å²) in [6, 6.07) is 6.28. The van der Waals surface area contributed by atoms with Crippen LogP contribution >= 0.6 is 0 Å². The predicted molar refractivity (Wildman–Crippen MR) is 68.9 cm³/mol. The van der Waals surface area contributed by atoms with E-state index in [1.807, 2.05) is 14.0 Å². The molecule has 1 amide bonds. The van der Waals surface area contributed by atoms with E-state index < -0.39 is 5.54 Å². The maximum Gasteiger partial charge on any atom is 0.246 e. The summed E-state index contributed by atoms with van der Waals surface area (Å²) in [4.78, 5) is 14.2. The van der Waals surface area contributed by atoms with Crippen molar-refractivity contribution >= 4 is 5.91 Å². The number of amides is 1. The second-order valence-corrected chi connectivity index (χ2v) is 5.10. The molecule has 1 aromatic carbocycles. The minimum atomic E-state index is -0.580. The molecule has 0 radical (unpaired) electrons. The van der Waals surface area contributed by atoms with Gasteiger partial charge in [-0.25, -0.2) is 0 Å². The van der Waals surface area contributed by atoms with Crippen LogP contribution in [0.3, 0.4) is 0 Å². The van der Waals surface area contributed by atoms with Gasteiger partial charge in [0.2, 0.25) is 5.91 Å². The van der Waals surface area contributed by atoms with Gasteiger partial charge in [-0.2, -0.15) is 0 Å². The normalized spacial score (nSPS) is 25.2. The maximum atomic E-state index is 12.4. The van der Waals surface area contributed by atoms with E-state index in [-0.39, 0.29) is 5.91 Å². The lowest BCUT2D eigenvalue weighted by atomic mass is 9.85. The van der Waals surface area contributed by atoms with Gasteiger partial charge in [0, 0.05) is 20.1 Å². The number of piperazine rings is 1. The van der Waals surface area contributed by atoms with E-state index in [2.05, 4.69) is 37.4 Å². The third-order valence-corrected chi connectivity index (χ3v) is 3.63. The molecule has 0 spiro atoms. The second-order valence-electron chi connectivity index (χ2n) is 5.10. The van der Waals surface area contributed by atoms with E-state index >= 15 is 0 Å². The highest BCUT2D eigenvalue weighted by Crippen LogP contribution is 2.28. The van der Waals surface area contributed by atoms with Crippen LogP contribution in [0.4, 0.5) is 0 Å². The smallest absolute Gasteiger partial charge is 0.246 e. The van der Waals surface area contributed by atoms with E-state index in [4.69, 9.17) is 0 Å². The average Bonchev–Trinajstić information content (AvgIpc) is 2.29. The molecule has 1 aliphatic heterocycles. The Morgan fingerprint density at radius 3 is 2.76 bits per heavy atom. The van der Waals surface area contributed by atoms with Crippen molar-refractivity contribution in [1.29, 1.82) is 0 Å². The van der Waals surface area contributed by atoms with E-state index in [1.54, 1.807) is 4.90 Å². The second kappa shape index (κ2) is 4.15. The Kier molecular flexibility index (Phi) is 2.96. The molecule has 0 bridgehead atoms. The van der Waals surface area contributed by atoms with Crippen LogP contribution in [0.1, 0.15) is 23.6 Å². The van der Waals surface area contributed by atoms with Crippen LogP contribution in [0.25, 0.3) is 0 Å². The minimum absolute atomic E-state index is 0.150. The fourth-order valence-corrected chi connectivity index (χ4v) is 2.52. The fraction of sp³-hybridized carbons (Fsp3) is 0.500. The van der Waals surface area contributed by atoms with Crippen molar-refractivity contribution in [3.05, 3.63) is 34.9 Å². The van der Waals surface area contributed by atoms with E-state index in [0.29, 0.717) is 0 Å². The van der Waals surface area contributed by atoms with Gasteiger partial charge in [0.15, 0.2) is 0 Å². The summed E-state index contributed by atoms with van der Waals surface area (Å²) in [6.07, 6.45) is 0. The average molecular weight is 232 g/mol. The van der Waals surface area contributed by atoms with Crippen LogP contribution in [0.2, 0.25) is 0 Å². The molecular formula is C14H20N2O. The molecular weight excluding hydrogens is 212 g/mol. The van der Waals surface area contributed by atoms with Gasteiger partial charge in [0.25, 0.3) is 0 Å². The maximum absolute atomic E-state index is 12.4. The molecule has 17 heavy (non-hydrogen) atoms. The molecule has 1 aliphatic rings. The fourth-order valence-electron chi connectivity index (χ4n) is 2.52. The zero-order valence-corrected chi connectivity index (χ0v) is 11.0. The third-order valence-electron chi connectivity index (χ3n) is 3.63. The summed E-state index contributed by atoms with van der Waals surface area (Å²) >= 11 is 0. The number of likely N-dealkylation sites (N-methyl/N-ethyl adjacent to an activating group) is 1. The number of carbonyl (C=O) groups is 1. The molecule has 0 aromatic heterocycles. The monoisotopic (exact) mass is 232 g/mol. The Balaban J connectivity index is 2.50. The van der Waals surface area contributed by atoms with Gasteiger partial charge in [-0.05, 0) is 31.9 Å². The summed E-state index contributed by atoms with van der Waals surface area (Å²) in [6.45, 7) is 7.71.